The summed E-state index contributed by atoms with van der Waals surface area (Å²) in [5, 5.41) is 2.57. The summed E-state index contributed by atoms with van der Waals surface area (Å²) in [6.45, 7) is 4.96. The summed E-state index contributed by atoms with van der Waals surface area (Å²) in [7, 11) is 1.71. The molecule has 1 amide bonds. The second-order valence-electron chi connectivity index (χ2n) is 3.12. The van der Waals surface area contributed by atoms with Crippen LogP contribution in [0.5, 0.6) is 0 Å². The summed E-state index contributed by atoms with van der Waals surface area (Å²) in [5.41, 5.74) is 1.99. The first-order chi connectivity index (χ1) is 7.24. The van der Waals surface area contributed by atoms with E-state index in [0.717, 1.165) is 24.3 Å². The molecule has 1 aromatic rings. The number of carbonyl (C=O) groups excluding carboxylic acids is 1. The Kier molecular flexibility index (Phi) is 8.39. The van der Waals surface area contributed by atoms with Crippen LogP contribution in [0.15, 0.2) is 24.3 Å². The van der Waals surface area contributed by atoms with E-state index in [2.05, 4.69) is 12.2 Å². The molecule has 1 aromatic carbocycles. The molecule has 15 heavy (non-hydrogen) atoms. The average molecular weight is 209 g/mol. The summed E-state index contributed by atoms with van der Waals surface area (Å²) in [4.78, 5) is 9.97. The lowest BCUT2D eigenvalue weighted by atomic mass is 10.2. The van der Waals surface area contributed by atoms with E-state index >= 15 is 0 Å². The molecule has 3 heteroatoms. The van der Waals surface area contributed by atoms with E-state index in [1.54, 1.807) is 7.11 Å². The van der Waals surface area contributed by atoms with Crippen LogP contribution in [0, 0.1) is 6.92 Å². The Morgan fingerprint density at radius 1 is 1.47 bits per heavy atom. The molecule has 1 rings (SSSR count). The normalized spacial score (nSPS) is 8.73. The minimum atomic E-state index is 0.675. The van der Waals surface area contributed by atoms with Gasteiger partial charge in [-0.15, -0.1) is 0 Å². The largest absolute Gasteiger partial charge is 0.385 e. The quantitative estimate of drug-likeness (QED) is 0.774. The minimum Gasteiger partial charge on any atom is -0.385 e. The highest BCUT2D eigenvalue weighted by molar-refractivity contribution is 5.71. The van der Waals surface area contributed by atoms with Crippen LogP contribution in [0.4, 0.5) is 5.69 Å². The van der Waals surface area contributed by atoms with Crippen molar-refractivity contribution in [1.29, 1.82) is 0 Å². The Morgan fingerprint density at radius 2 is 2.20 bits per heavy atom. The van der Waals surface area contributed by atoms with E-state index in [-0.39, 0.29) is 0 Å². The highest BCUT2D eigenvalue weighted by Crippen LogP contribution is 2.07. The van der Waals surface area contributed by atoms with Gasteiger partial charge in [-0.05, 0) is 31.0 Å². The number of hydrogen-bond donors (Lipinski definition) is 1. The summed E-state index contributed by atoms with van der Waals surface area (Å²) < 4.78 is 4.69. The molecule has 0 saturated heterocycles. The maximum absolute atomic E-state index is 9.97. The van der Waals surface area contributed by atoms with Gasteiger partial charge in [0.2, 0.25) is 6.41 Å². The monoisotopic (exact) mass is 209 g/mol. The predicted octanol–water partition coefficient (Wildman–Crippen LogP) is 2.61. The number of hydrogen-bond acceptors (Lipinski definition) is 2. The van der Waals surface area contributed by atoms with E-state index < -0.39 is 0 Å². The van der Waals surface area contributed by atoms with Crippen LogP contribution in [0.2, 0.25) is 0 Å². The minimum absolute atomic E-state index is 0.675. The lowest BCUT2D eigenvalue weighted by Gasteiger charge is -1.97. The molecule has 0 radical (unpaired) electrons. The zero-order valence-electron chi connectivity index (χ0n) is 9.62. The molecule has 0 bridgehead atoms. The van der Waals surface area contributed by atoms with Gasteiger partial charge in [-0.25, -0.2) is 0 Å². The van der Waals surface area contributed by atoms with Gasteiger partial charge in [0.05, 0.1) is 0 Å². The molecule has 0 aliphatic carbocycles. The van der Waals surface area contributed by atoms with Crippen molar-refractivity contribution in [2.45, 2.75) is 20.3 Å². The second kappa shape index (κ2) is 9.21. The van der Waals surface area contributed by atoms with Crippen LogP contribution in [-0.4, -0.2) is 20.1 Å². The second-order valence-corrected chi connectivity index (χ2v) is 3.12. The van der Waals surface area contributed by atoms with Crippen molar-refractivity contribution in [3.8, 4) is 0 Å². The Hall–Kier alpha value is -1.35. The van der Waals surface area contributed by atoms with Gasteiger partial charge in [-0.2, -0.15) is 0 Å². The summed E-state index contributed by atoms with van der Waals surface area (Å²) >= 11 is 0. The summed E-state index contributed by atoms with van der Waals surface area (Å²) in [6, 6.07) is 7.65. The number of rotatable bonds is 4. The van der Waals surface area contributed by atoms with Gasteiger partial charge in [0.15, 0.2) is 0 Å². The van der Waals surface area contributed by atoms with Crippen LogP contribution in [0.1, 0.15) is 18.9 Å². The highest BCUT2D eigenvalue weighted by Gasteiger charge is 1.87. The van der Waals surface area contributed by atoms with E-state index in [9.17, 15) is 4.79 Å². The third kappa shape index (κ3) is 7.70. The van der Waals surface area contributed by atoms with Gasteiger partial charge in [0.25, 0.3) is 0 Å². The number of benzene rings is 1. The van der Waals surface area contributed by atoms with Gasteiger partial charge in [0.1, 0.15) is 0 Å². The fourth-order valence-electron chi connectivity index (χ4n) is 1.01. The molecule has 0 atom stereocenters. The van der Waals surface area contributed by atoms with Crippen LogP contribution >= 0.6 is 0 Å². The Morgan fingerprint density at radius 3 is 2.60 bits per heavy atom. The fourth-order valence-corrected chi connectivity index (χ4v) is 1.01. The molecule has 0 aliphatic rings. The van der Waals surface area contributed by atoms with Crippen molar-refractivity contribution < 1.29 is 9.53 Å². The maximum atomic E-state index is 9.97. The Labute approximate surface area is 91.5 Å². The number of carbonyl (C=O) groups is 1. The van der Waals surface area contributed by atoms with Gasteiger partial charge in [-0.3, -0.25) is 4.79 Å². The number of amides is 1. The molecule has 84 valence electrons. The Bertz CT molecular complexity index is 272. The number of ether oxygens (including phenoxy) is 1. The maximum Gasteiger partial charge on any atom is 0.211 e. The van der Waals surface area contributed by atoms with E-state index in [0.29, 0.717) is 6.41 Å². The summed E-state index contributed by atoms with van der Waals surface area (Å²) in [6.07, 6.45) is 1.80. The van der Waals surface area contributed by atoms with Crippen molar-refractivity contribution in [3.63, 3.8) is 0 Å². The number of aryl methyl sites for hydroxylation is 1. The number of methoxy groups -OCH3 is 1. The third-order valence-electron chi connectivity index (χ3n) is 1.65. The first kappa shape index (κ1) is 13.7. The first-order valence-corrected chi connectivity index (χ1v) is 5.00. The van der Waals surface area contributed by atoms with Crippen LogP contribution in [0.3, 0.4) is 0 Å². The lowest BCUT2D eigenvalue weighted by molar-refractivity contribution is -0.105. The van der Waals surface area contributed by atoms with Crippen molar-refractivity contribution >= 4 is 12.1 Å². The zero-order valence-corrected chi connectivity index (χ0v) is 9.62. The van der Waals surface area contributed by atoms with Crippen molar-refractivity contribution in [2.24, 2.45) is 0 Å². The molecule has 0 spiro atoms. The molecule has 3 nitrogen and oxygen atoms in total. The average Bonchev–Trinajstić information content (AvgIpc) is 2.20. The van der Waals surface area contributed by atoms with Crippen LogP contribution in [-0.2, 0) is 9.53 Å². The summed E-state index contributed by atoms with van der Waals surface area (Å²) in [5.74, 6) is 0. The molecule has 0 heterocycles. The van der Waals surface area contributed by atoms with Crippen LogP contribution in [0.25, 0.3) is 0 Å². The van der Waals surface area contributed by atoms with Crippen molar-refractivity contribution in [3.05, 3.63) is 29.8 Å². The highest BCUT2D eigenvalue weighted by atomic mass is 16.5. The predicted molar refractivity (Wildman–Crippen MR) is 63.0 cm³/mol. The van der Waals surface area contributed by atoms with Crippen molar-refractivity contribution in [1.82, 2.24) is 0 Å². The smallest absolute Gasteiger partial charge is 0.211 e. The van der Waals surface area contributed by atoms with Gasteiger partial charge >= 0.3 is 0 Å². The number of nitrogens with one attached hydrogen (secondary N) is 1. The molecule has 0 unspecified atom stereocenters. The van der Waals surface area contributed by atoms with Gasteiger partial charge in [0, 0.05) is 19.4 Å². The molecule has 0 saturated carbocycles. The van der Waals surface area contributed by atoms with Crippen molar-refractivity contribution in [2.75, 3.05) is 19.0 Å². The fraction of sp³-hybridized carbons (Fsp3) is 0.417. The molecular weight excluding hydrogens is 190 g/mol. The molecule has 1 N–H and O–H groups in total. The third-order valence-corrected chi connectivity index (χ3v) is 1.65. The molecule has 0 aromatic heterocycles. The zero-order chi connectivity index (χ0) is 11.5. The van der Waals surface area contributed by atoms with E-state index in [4.69, 9.17) is 4.74 Å². The molecule has 0 fully saturated rings. The topological polar surface area (TPSA) is 38.3 Å². The molecular formula is C12H19NO2. The Balaban J connectivity index is 0.000000336. The van der Waals surface area contributed by atoms with Crippen LogP contribution < -0.4 is 5.32 Å². The van der Waals surface area contributed by atoms with Gasteiger partial charge < -0.3 is 10.1 Å². The number of anilines is 1. The van der Waals surface area contributed by atoms with E-state index in [1.807, 2.05) is 31.2 Å². The lowest BCUT2D eigenvalue weighted by Crippen LogP contribution is -1.92. The van der Waals surface area contributed by atoms with Gasteiger partial charge in [-0.1, -0.05) is 19.1 Å². The van der Waals surface area contributed by atoms with E-state index in [1.165, 1.54) is 0 Å². The standard InChI is InChI=1S/C8H9NO.C4H10O/c1-7-3-2-4-8(5-7)9-6-10;1-3-4-5-2/h2-6H,1H3,(H,9,10);3-4H2,1-2H3. The SMILES string of the molecule is CCCOC.Cc1cccc(NC=O)c1. The molecule has 0 aliphatic heterocycles. The first-order valence-electron chi connectivity index (χ1n) is 5.00.